The van der Waals surface area contributed by atoms with E-state index in [0.29, 0.717) is 26.0 Å². The Morgan fingerprint density at radius 1 is 1.17 bits per heavy atom. The van der Waals surface area contributed by atoms with Gasteiger partial charge in [0.15, 0.2) is 0 Å². The molecule has 0 saturated heterocycles. The van der Waals surface area contributed by atoms with E-state index >= 15 is 0 Å². The molecule has 0 heterocycles. The van der Waals surface area contributed by atoms with E-state index in [2.05, 4.69) is 21.2 Å². The van der Waals surface area contributed by atoms with E-state index in [1.807, 2.05) is 48.5 Å². The Bertz CT molecular complexity index is 646. The van der Waals surface area contributed by atoms with Crippen LogP contribution in [-0.4, -0.2) is 19.6 Å². The maximum atomic E-state index is 11.9. The molecule has 1 amide bonds. The third-order valence-electron chi connectivity index (χ3n) is 3.28. The first kappa shape index (κ1) is 17.3. The highest BCUT2D eigenvalue weighted by molar-refractivity contribution is 9.10. The molecule has 0 spiro atoms. The van der Waals surface area contributed by atoms with Gasteiger partial charge >= 0.3 is 0 Å². The quantitative estimate of drug-likeness (QED) is 0.708. The zero-order valence-corrected chi connectivity index (χ0v) is 14.6. The number of amides is 1. The molecule has 0 radical (unpaired) electrons. The summed E-state index contributed by atoms with van der Waals surface area (Å²) in [4.78, 5) is 11.9. The molecule has 0 atom stereocenters. The smallest absolute Gasteiger partial charge is 0.220 e. The van der Waals surface area contributed by atoms with E-state index in [1.54, 1.807) is 7.11 Å². The summed E-state index contributed by atoms with van der Waals surface area (Å²) in [5.74, 6) is 1.59. The van der Waals surface area contributed by atoms with Crippen LogP contribution in [0, 0.1) is 0 Å². The van der Waals surface area contributed by atoms with Crippen molar-refractivity contribution in [1.29, 1.82) is 0 Å². The second-order valence-electron chi connectivity index (χ2n) is 5.00. The minimum atomic E-state index is 0.00810. The van der Waals surface area contributed by atoms with Gasteiger partial charge in [-0.15, -0.1) is 0 Å². The molecular weight excluding hydrogens is 358 g/mol. The molecule has 0 aliphatic heterocycles. The topological polar surface area (TPSA) is 47.6 Å². The van der Waals surface area contributed by atoms with Crippen molar-refractivity contribution >= 4 is 21.8 Å². The van der Waals surface area contributed by atoms with Crippen molar-refractivity contribution in [1.82, 2.24) is 5.32 Å². The number of nitrogens with one attached hydrogen (secondary N) is 1. The van der Waals surface area contributed by atoms with Gasteiger partial charge in [-0.1, -0.05) is 40.2 Å². The van der Waals surface area contributed by atoms with Gasteiger partial charge in [-0.2, -0.15) is 0 Å². The molecule has 0 unspecified atom stereocenters. The van der Waals surface area contributed by atoms with Crippen molar-refractivity contribution < 1.29 is 14.3 Å². The van der Waals surface area contributed by atoms with Crippen LogP contribution in [0.2, 0.25) is 0 Å². The van der Waals surface area contributed by atoms with E-state index in [1.165, 1.54) is 0 Å². The summed E-state index contributed by atoms with van der Waals surface area (Å²) in [6.45, 7) is 0.980. The second-order valence-corrected chi connectivity index (χ2v) is 5.91. The normalized spacial score (nSPS) is 10.2. The summed E-state index contributed by atoms with van der Waals surface area (Å²) >= 11 is 3.39. The molecule has 4 nitrogen and oxygen atoms in total. The van der Waals surface area contributed by atoms with Crippen molar-refractivity contribution in [3.05, 3.63) is 58.6 Å². The predicted octanol–water partition coefficient (Wildman–Crippen LogP) is 3.93. The van der Waals surface area contributed by atoms with Gasteiger partial charge in [0, 0.05) is 23.0 Å². The van der Waals surface area contributed by atoms with Gasteiger partial charge < -0.3 is 14.8 Å². The molecule has 1 N–H and O–H groups in total. The fraction of sp³-hybridized carbons (Fsp3) is 0.278. The van der Waals surface area contributed by atoms with Gasteiger partial charge in [-0.3, -0.25) is 4.79 Å². The molecule has 0 bridgehead atoms. The standard InChI is InChI=1S/C18H20BrNO3/c1-22-17-9-3-2-6-14(17)13-20-18(21)10-5-11-23-16-8-4-7-15(19)12-16/h2-4,6-9,12H,5,10-11,13H2,1H3,(H,20,21). The van der Waals surface area contributed by atoms with E-state index in [0.717, 1.165) is 21.5 Å². The Kier molecular flexibility index (Phi) is 6.94. The minimum absolute atomic E-state index is 0.00810. The minimum Gasteiger partial charge on any atom is -0.496 e. The highest BCUT2D eigenvalue weighted by Gasteiger charge is 2.05. The molecule has 122 valence electrons. The van der Waals surface area contributed by atoms with E-state index in [-0.39, 0.29) is 5.91 Å². The fourth-order valence-corrected chi connectivity index (χ4v) is 2.49. The van der Waals surface area contributed by atoms with Crippen molar-refractivity contribution in [3.8, 4) is 11.5 Å². The molecule has 2 aromatic carbocycles. The maximum Gasteiger partial charge on any atom is 0.220 e. The summed E-state index contributed by atoms with van der Waals surface area (Å²) in [5, 5.41) is 2.90. The first-order chi connectivity index (χ1) is 11.2. The Labute approximate surface area is 144 Å². The summed E-state index contributed by atoms with van der Waals surface area (Å²) < 4.78 is 11.8. The number of carbonyl (C=O) groups is 1. The monoisotopic (exact) mass is 377 g/mol. The van der Waals surface area contributed by atoms with Crippen LogP contribution in [0.4, 0.5) is 0 Å². The van der Waals surface area contributed by atoms with Gasteiger partial charge in [0.2, 0.25) is 5.91 Å². The first-order valence-corrected chi connectivity index (χ1v) is 8.25. The molecule has 2 aromatic rings. The van der Waals surface area contributed by atoms with Gasteiger partial charge in [-0.05, 0) is 30.7 Å². The SMILES string of the molecule is COc1ccccc1CNC(=O)CCCOc1cccc(Br)c1. The zero-order valence-electron chi connectivity index (χ0n) is 13.0. The van der Waals surface area contributed by atoms with Gasteiger partial charge in [0.25, 0.3) is 0 Å². The lowest BCUT2D eigenvalue weighted by Gasteiger charge is -2.10. The molecule has 0 fully saturated rings. The number of methoxy groups -OCH3 is 1. The lowest BCUT2D eigenvalue weighted by atomic mass is 10.2. The molecular formula is C18H20BrNO3. The van der Waals surface area contributed by atoms with Crippen molar-refractivity contribution in [2.75, 3.05) is 13.7 Å². The van der Waals surface area contributed by atoms with E-state index < -0.39 is 0 Å². The van der Waals surface area contributed by atoms with Gasteiger partial charge in [0.1, 0.15) is 11.5 Å². The Morgan fingerprint density at radius 3 is 2.78 bits per heavy atom. The average molecular weight is 378 g/mol. The first-order valence-electron chi connectivity index (χ1n) is 7.46. The number of hydrogen-bond donors (Lipinski definition) is 1. The van der Waals surface area contributed by atoms with Crippen LogP contribution in [0.1, 0.15) is 18.4 Å². The third kappa shape index (κ3) is 5.94. The van der Waals surface area contributed by atoms with E-state index in [4.69, 9.17) is 9.47 Å². The van der Waals surface area contributed by atoms with Gasteiger partial charge in [0.05, 0.1) is 13.7 Å². The summed E-state index contributed by atoms with van der Waals surface area (Å²) in [6.07, 6.45) is 1.10. The van der Waals surface area contributed by atoms with E-state index in [9.17, 15) is 4.79 Å². The molecule has 0 aliphatic rings. The van der Waals surface area contributed by atoms with Crippen LogP contribution >= 0.6 is 15.9 Å². The highest BCUT2D eigenvalue weighted by Crippen LogP contribution is 2.18. The Morgan fingerprint density at radius 2 is 2.00 bits per heavy atom. The molecule has 0 aliphatic carbocycles. The number of carbonyl (C=O) groups excluding carboxylic acids is 1. The fourth-order valence-electron chi connectivity index (χ4n) is 2.11. The summed E-state index contributed by atoms with van der Waals surface area (Å²) in [5.41, 5.74) is 0.966. The number of rotatable bonds is 8. The number of benzene rings is 2. The lowest BCUT2D eigenvalue weighted by Crippen LogP contribution is -2.23. The second kappa shape index (κ2) is 9.20. The van der Waals surface area contributed by atoms with Crippen LogP contribution in [0.15, 0.2) is 53.0 Å². The van der Waals surface area contributed by atoms with Crippen molar-refractivity contribution in [2.24, 2.45) is 0 Å². The number of para-hydroxylation sites is 1. The summed E-state index contributed by atoms with van der Waals surface area (Å²) in [7, 11) is 1.62. The van der Waals surface area contributed by atoms with Crippen LogP contribution in [0.5, 0.6) is 11.5 Å². The Hall–Kier alpha value is -2.01. The molecule has 0 saturated carbocycles. The largest absolute Gasteiger partial charge is 0.496 e. The van der Waals surface area contributed by atoms with Crippen LogP contribution in [0.25, 0.3) is 0 Å². The van der Waals surface area contributed by atoms with Crippen molar-refractivity contribution in [3.63, 3.8) is 0 Å². The number of halogens is 1. The third-order valence-corrected chi connectivity index (χ3v) is 3.77. The molecule has 23 heavy (non-hydrogen) atoms. The number of ether oxygens (including phenoxy) is 2. The zero-order chi connectivity index (χ0) is 16.5. The Balaban J connectivity index is 1.67. The molecule has 2 rings (SSSR count). The van der Waals surface area contributed by atoms with Crippen molar-refractivity contribution in [2.45, 2.75) is 19.4 Å². The number of hydrogen-bond acceptors (Lipinski definition) is 3. The predicted molar refractivity (Wildman–Crippen MR) is 93.7 cm³/mol. The van der Waals surface area contributed by atoms with Gasteiger partial charge in [-0.25, -0.2) is 0 Å². The van der Waals surface area contributed by atoms with Crippen LogP contribution in [0.3, 0.4) is 0 Å². The molecule has 0 aromatic heterocycles. The van der Waals surface area contributed by atoms with Crippen LogP contribution in [-0.2, 0) is 11.3 Å². The highest BCUT2D eigenvalue weighted by atomic mass is 79.9. The summed E-state index contributed by atoms with van der Waals surface area (Å²) in [6, 6.07) is 15.3. The average Bonchev–Trinajstić information content (AvgIpc) is 2.57. The lowest BCUT2D eigenvalue weighted by molar-refractivity contribution is -0.121. The molecule has 5 heteroatoms. The van der Waals surface area contributed by atoms with Crippen LogP contribution < -0.4 is 14.8 Å². The maximum absolute atomic E-state index is 11.9.